The highest BCUT2D eigenvalue weighted by Crippen LogP contribution is 2.49. The number of morpholine rings is 1. The average molecular weight is 266 g/mol. The van der Waals surface area contributed by atoms with Gasteiger partial charge in [-0.25, -0.2) is 0 Å². The van der Waals surface area contributed by atoms with Gasteiger partial charge in [0.15, 0.2) is 0 Å². The monoisotopic (exact) mass is 266 g/mol. The van der Waals surface area contributed by atoms with Gasteiger partial charge in [-0.2, -0.15) is 0 Å². The number of carbonyl (C=O) groups is 1. The molecule has 3 rings (SSSR count). The predicted octanol–water partition coefficient (Wildman–Crippen LogP) is 1.26. The number of ether oxygens (including phenoxy) is 1. The van der Waals surface area contributed by atoms with Crippen molar-refractivity contribution < 1.29 is 9.53 Å². The summed E-state index contributed by atoms with van der Waals surface area (Å²) in [5, 5.41) is 3.23. The van der Waals surface area contributed by atoms with E-state index in [-0.39, 0.29) is 5.91 Å². The summed E-state index contributed by atoms with van der Waals surface area (Å²) in [5.41, 5.74) is 0. The van der Waals surface area contributed by atoms with E-state index in [4.69, 9.17) is 4.74 Å². The Bertz CT molecular complexity index is 328. The first-order chi connectivity index (χ1) is 9.22. The van der Waals surface area contributed by atoms with E-state index < -0.39 is 0 Å². The maximum Gasteiger partial charge on any atom is 0.234 e. The van der Waals surface area contributed by atoms with Crippen molar-refractivity contribution in [2.24, 2.45) is 17.8 Å². The average Bonchev–Trinajstić information content (AvgIpc) is 3.02. The molecule has 4 nitrogen and oxygen atoms in total. The van der Waals surface area contributed by atoms with Gasteiger partial charge in [0, 0.05) is 19.1 Å². The number of rotatable bonds is 4. The Kier molecular flexibility index (Phi) is 4.08. The van der Waals surface area contributed by atoms with Gasteiger partial charge in [-0.05, 0) is 43.9 Å². The van der Waals surface area contributed by atoms with Crippen LogP contribution in [0.15, 0.2) is 0 Å². The van der Waals surface area contributed by atoms with Gasteiger partial charge < -0.3 is 10.1 Å². The number of hydrogen-bond donors (Lipinski definition) is 1. The Hall–Kier alpha value is -0.610. The first-order valence-corrected chi connectivity index (χ1v) is 7.82. The fourth-order valence-corrected chi connectivity index (χ4v) is 4.28. The van der Waals surface area contributed by atoms with E-state index in [1.807, 2.05) is 0 Å². The summed E-state index contributed by atoms with van der Waals surface area (Å²) in [6, 6.07) is 0.351. The molecule has 4 atom stereocenters. The summed E-state index contributed by atoms with van der Waals surface area (Å²) in [6.45, 7) is 6.02. The zero-order valence-electron chi connectivity index (χ0n) is 11.9. The lowest BCUT2D eigenvalue weighted by Crippen LogP contribution is -2.47. The molecule has 1 aliphatic heterocycles. The standard InChI is InChI=1S/C15H26N2O2/c1-11(14-9-12-2-3-13(14)8-12)16-15(18)10-17-4-6-19-7-5-17/h11-14H,2-10H2,1H3,(H,16,18)/t11-,12+,13+,14-/m1/s1. The molecule has 19 heavy (non-hydrogen) atoms. The van der Waals surface area contributed by atoms with Crippen molar-refractivity contribution in [2.75, 3.05) is 32.8 Å². The highest BCUT2D eigenvalue weighted by molar-refractivity contribution is 5.78. The Morgan fingerprint density at radius 3 is 2.74 bits per heavy atom. The van der Waals surface area contributed by atoms with E-state index in [2.05, 4.69) is 17.1 Å². The SMILES string of the molecule is C[C@@H](NC(=O)CN1CCOCC1)[C@H]1C[C@H]2CC[C@H]1C2. The van der Waals surface area contributed by atoms with E-state index in [0.29, 0.717) is 12.6 Å². The summed E-state index contributed by atoms with van der Waals surface area (Å²) in [6.07, 6.45) is 5.56. The molecule has 1 N–H and O–H groups in total. The van der Waals surface area contributed by atoms with Crippen LogP contribution in [0.1, 0.15) is 32.6 Å². The van der Waals surface area contributed by atoms with Gasteiger partial charge in [0.25, 0.3) is 0 Å². The highest BCUT2D eigenvalue weighted by Gasteiger charge is 2.42. The molecule has 3 fully saturated rings. The van der Waals surface area contributed by atoms with Crippen LogP contribution in [0, 0.1) is 17.8 Å². The smallest absolute Gasteiger partial charge is 0.234 e. The minimum atomic E-state index is 0.192. The third-order valence-corrected chi connectivity index (χ3v) is 5.29. The lowest BCUT2D eigenvalue weighted by atomic mass is 9.84. The first kappa shape index (κ1) is 13.4. The number of carbonyl (C=O) groups excluding carboxylic acids is 1. The van der Waals surface area contributed by atoms with Crippen molar-refractivity contribution in [3.8, 4) is 0 Å². The summed E-state index contributed by atoms with van der Waals surface area (Å²) < 4.78 is 5.30. The molecule has 2 aliphatic carbocycles. The lowest BCUT2D eigenvalue weighted by molar-refractivity contribution is -0.124. The Morgan fingerprint density at radius 2 is 2.11 bits per heavy atom. The van der Waals surface area contributed by atoms with Crippen LogP contribution in [0.25, 0.3) is 0 Å². The number of hydrogen-bond acceptors (Lipinski definition) is 3. The lowest BCUT2D eigenvalue weighted by Gasteiger charge is -2.30. The molecule has 0 unspecified atom stereocenters. The third-order valence-electron chi connectivity index (χ3n) is 5.29. The quantitative estimate of drug-likeness (QED) is 0.833. The maximum atomic E-state index is 12.1. The van der Waals surface area contributed by atoms with Gasteiger partial charge in [-0.1, -0.05) is 6.42 Å². The Morgan fingerprint density at radius 1 is 1.32 bits per heavy atom. The second-order valence-corrected chi connectivity index (χ2v) is 6.58. The first-order valence-electron chi connectivity index (χ1n) is 7.82. The Labute approximate surface area is 115 Å². The minimum Gasteiger partial charge on any atom is -0.379 e. The van der Waals surface area contributed by atoms with Crippen LogP contribution in [0.4, 0.5) is 0 Å². The van der Waals surface area contributed by atoms with Gasteiger partial charge in [-0.3, -0.25) is 9.69 Å². The van der Waals surface area contributed by atoms with Gasteiger partial charge in [0.2, 0.25) is 5.91 Å². The molecule has 2 bridgehead atoms. The predicted molar refractivity (Wildman–Crippen MR) is 73.8 cm³/mol. The van der Waals surface area contributed by atoms with Crippen LogP contribution < -0.4 is 5.32 Å². The van der Waals surface area contributed by atoms with Gasteiger partial charge >= 0.3 is 0 Å². The molecular weight excluding hydrogens is 240 g/mol. The summed E-state index contributed by atoms with van der Waals surface area (Å²) in [5.74, 6) is 2.75. The molecular formula is C15H26N2O2. The molecule has 108 valence electrons. The Balaban J connectivity index is 1.43. The second-order valence-electron chi connectivity index (χ2n) is 6.58. The fraction of sp³-hybridized carbons (Fsp3) is 0.933. The molecule has 0 aromatic carbocycles. The topological polar surface area (TPSA) is 41.6 Å². The van der Waals surface area contributed by atoms with E-state index in [9.17, 15) is 4.79 Å². The van der Waals surface area contributed by atoms with Crippen molar-refractivity contribution in [1.82, 2.24) is 10.2 Å². The number of amides is 1. The summed E-state index contributed by atoms with van der Waals surface area (Å²) >= 11 is 0. The zero-order chi connectivity index (χ0) is 13.2. The third kappa shape index (κ3) is 3.11. The molecule has 4 heteroatoms. The molecule has 1 saturated heterocycles. The van der Waals surface area contributed by atoms with Crippen LogP contribution in [-0.4, -0.2) is 49.7 Å². The zero-order valence-corrected chi connectivity index (χ0v) is 11.9. The van der Waals surface area contributed by atoms with E-state index >= 15 is 0 Å². The molecule has 0 aromatic rings. The van der Waals surface area contributed by atoms with E-state index in [0.717, 1.165) is 44.1 Å². The van der Waals surface area contributed by atoms with Crippen molar-refractivity contribution in [3.63, 3.8) is 0 Å². The van der Waals surface area contributed by atoms with Gasteiger partial charge in [0.1, 0.15) is 0 Å². The minimum absolute atomic E-state index is 0.192. The summed E-state index contributed by atoms with van der Waals surface area (Å²) in [4.78, 5) is 14.3. The van der Waals surface area contributed by atoms with Crippen LogP contribution in [0.5, 0.6) is 0 Å². The van der Waals surface area contributed by atoms with Gasteiger partial charge in [-0.15, -0.1) is 0 Å². The molecule has 3 aliphatic rings. The molecule has 0 aromatic heterocycles. The normalized spacial score (nSPS) is 36.4. The van der Waals surface area contributed by atoms with E-state index in [1.54, 1.807) is 0 Å². The van der Waals surface area contributed by atoms with Crippen LogP contribution in [0.2, 0.25) is 0 Å². The van der Waals surface area contributed by atoms with Crippen LogP contribution in [0.3, 0.4) is 0 Å². The van der Waals surface area contributed by atoms with Gasteiger partial charge in [0.05, 0.1) is 19.8 Å². The number of fused-ring (bicyclic) bond motifs is 2. The van der Waals surface area contributed by atoms with Crippen LogP contribution >= 0.6 is 0 Å². The highest BCUT2D eigenvalue weighted by atomic mass is 16.5. The van der Waals surface area contributed by atoms with Crippen molar-refractivity contribution in [2.45, 2.75) is 38.6 Å². The van der Waals surface area contributed by atoms with E-state index in [1.165, 1.54) is 25.7 Å². The molecule has 0 spiro atoms. The number of nitrogens with zero attached hydrogens (tertiary/aromatic N) is 1. The summed E-state index contributed by atoms with van der Waals surface area (Å²) in [7, 11) is 0. The largest absolute Gasteiger partial charge is 0.379 e. The fourth-order valence-electron chi connectivity index (χ4n) is 4.28. The molecule has 0 radical (unpaired) electrons. The number of nitrogens with one attached hydrogen (secondary N) is 1. The molecule has 2 saturated carbocycles. The van der Waals surface area contributed by atoms with Crippen molar-refractivity contribution in [3.05, 3.63) is 0 Å². The molecule has 1 heterocycles. The van der Waals surface area contributed by atoms with Crippen molar-refractivity contribution >= 4 is 5.91 Å². The molecule has 1 amide bonds. The van der Waals surface area contributed by atoms with Crippen molar-refractivity contribution in [1.29, 1.82) is 0 Å². The second kappa shape index (κ2) is 5.80. The maximum absolute atomic E-state index is 12.1. The van der Waals surface area contributed by atoms with Crippen LogP contribution in [-0.2, 0) is 9.53 Å².